The minimum Gasteiger partial charge on any atom is -0.453 e. The van der Waals surface area contributed by atoms with Crippen molar-refractivity contribution in [3.8, 4) is 11.1 Å². The van der Waals surface area contributed by atoms with Crippen molar-refractivity contribution in [3.05, 3.63) is 54.4 Å². The lowest BCUT2D eigenvalue weighted by atomic mass is 10.0. The number of hydrogen-bond acceptors (Lipinski definition) is 3. The third-order valence-electron chi connectivity index (χ3n) is 2.94. The standard InChI is InChI=1S/C15H16N2O2/c1-11(17-15(18)19-2)12-3-5-13(6-4-12)14-7-9-16-10-8-14/h3-11H,1-2H3,(H,17,18)/t11-/m0/s1. The Hall–Kier alpha value is -2.36. The second kappa shape index (κ2) is 6.00. The Kier molecular flexibility index (Phi) is 4.13. The molecule has 0 saturated carbocycles. The zero-order chi connectivity index (χ0) is 13.7. The summed E-state index contributed by atoms with van der Waals surface area (Å²) in [7, 11) is 1.36. The van der Waals surface area contributed by atoms with Gasteiger partial charge in [0.1, 0.15) is 0 Å². The minimum atomic E-state index is -0.425. The first-order valence-electron chi connectivity index (χ1n) is 6.05. The van der Waals surface area contributed by atoms with Crippen molar-refractivity contribution >= 4 is 6.09 Å². The van der Waals surface area contributed by atoms with E-state index in [0.717, 1.165) is 16.7 Å². The Balaban J connectivity index is 2.12. The van der Waals surface area contributed by atoms with E-state index >= 15 is 0 Å². The Morgan fingerprint density at radius 3 is 2.26 bits per heavy atom. The fraction of sp³-hybridized carbons (Fsp3) is 0.200. The minimum absolute atomic E-state index is 0.0843. The van der Waals surface area contributed by atoms with Gasteiger partial charge in [-0.05, 0) is 35.7 Å². The van der Waals surface area contributed by atoms with Gasteiger partial charge in [-0.25, -0.2) is 4.79 Å². The maximum Gasteiger partial charge on any atom is 0.407 e. The molecule has 1 aromatic heterocycles. The largest absolute Gasteiger partial charge is 0.453 e. The second-order valence-corrected chi connectivity index (χ2v) is 4.22. The highest BCUT2D eigenvalue weighted by Crippen LogP contribution is 2.21. The number of benzene rings is 1. The average Bonchev–Trinajstić information content (AvgIpc) is 2.48. The van der Waals surface area contributed by atoms with Gasteiger partial charge < -0.3 is 10.1 Å². The summed E-state index contributed by atoms with van der Waals surface area (Å²) < 4.78 is 4.58. The number of nitrogens with zero attached hydrogens (tertiary/aromatic N) is 1. The molecule has 0 spiro atoms. The van der Waals surface area contributed by atoms with E-state index < -0.39 is 6.09 Å². The molecular weight excluding hydrogens is 240 g/mol. The van der Waals surface area contributed by atoms with Crippen molar-refractivity contribution in [2.45, 2.75) is 13.0 Å². The van der Waals surface area contributed by atoms with Crippen molar-refractivity contribution in [1.82, 2.24) is 10.3 Å². The molecule has 98 valence electrons. The average molecular weight is 256 g/mol. The number of rotatable bonds is 3. The molecule has 2 aromatic rings. The lowest BCUT2D eigenvalue weighted by molar-refractivity contribution is 0.167. The first-order chi connectivity index (χ1) is 9.20. The van der Waals surface area contributed by atoms with Gasteiger partial charge in [-0.2, -0.15) is 0 Å². The Morgan fingerprint density at radius 1 is 1.11 bits per heavy atom. The molecule has 1 atom stereocenters. The SMILES string of the molecule is COC(=O)N[C@@H](C)c1ccc(-c2ccncc2)cc1. The number of alkyl carbamates (subject to hydrolysis) is 1. The van der Waals surface area contributed by atoms with E-state index in [9.17, 15) is 4.79 Å². The predicted octanol–water partition coefficient (Wildman–Crippen LogP) is 3.17. The van der Waals surface area contributed by atoms with Gasteiger partial charge in [0, 0.05) is 12.4 Å². The number of aromatic nitrogens is 1. The number of methoxy groups -OCH3 is 1. The first kappa shape index (κ1) is 13.1. The van der Waals surface area contributed by atoms with Crippen LogP contribution in [0.4, 0.5) is 4.79 Å². The van der Waals surface area contributed by atoms with Crippen molar-refractivity contribution in [1.29, 1.82) is 0 Å². The third-order valence-corrected chi connectivity index (χ3v) is 2.94. The molecular formula is C15H16N2O2. The van der Waals surface area contributed by atoms with E-state index in [0.29, 0.717) is 0 Å². The summed E-state index contributed by atoms with van der Waals surface area (Å²) in [6, 6.07) is 11.9. The molecule has 0 saturated heterocycles. The van der Waals surface area contributed by atoms with Crippen LogP contribution in [0.5, 0.6) is 0 Å². The maximum atomic E-state index is 11.1. The van der Waals surface area contributed by atoms with E-state index in [1.54, 1.807) is 12.4 Å². The van der Waals surface area contributed by atoms with Crippen LogP contribution >= 0.6 is 0 Å². The fourth-order valence-electron chi connectivity index (χ4n) is 1.83. The molecule has 4 heteroatoms. The van der Waals surface area contributed by atoms with Gasteiger partial charge >= 0.3 is 6.09 Å². The number of nitrogens with one attached hydrogen (secondary N) is 1. The van der Waals surface area contributed by atoms with Crippen LogP contribution in [0.3, 0.4) is 0 Å². The predicted molar refractivity (Wildman–Crippen MR) is 73.6 cm³/mol. The molecule has 0 fully saturated rings. The Labute approximate surface area is 112 Å². The molecule has 0 aliphatic carbocycles. The summed E-state index contributed by atoms with van der Waals surface area (Å²) in [5, 5.41) is 2.73. The van der Waals surface area contributed by atoms with Crippen LogP contribution in [0.2, 0.25) is 0 Å². The lowest BCUT2D eigenvalue weighted by Crippen LogP contribution is -2.26. The van der Waals surface area contributed by atoms with E-state index in [2.05, 4.69) is 15.0 Å². The van der Waals surface area contributed by atoms with Crippen molar-refractivity contribution in [2.24, 2.45) is 0 Å². The second-order valence-electron chi connectivity index (χ2n) is 4.22. The number of amides is 1. The van der Waals surface area contributed by atoms with Crippen LogP contribution in [0.15, 0.2) is 48.8 Å². The summed E-state index contributed by atoms with van der Waals surface area (Å²) in [6.45, 7) is 1.92. The van der Waals surface area contributed by atoms with Gasteiger partial charge in [0.2, 0.25) is 0 Å². The quantitative estimate of drug-likeness (QED) is 0.917. The fourth-order valence-corrected chi connectivity index (χ4v) is 1.83. The highest BCUT2D eigenvalue weighted by molar-refractivity contribution is 5.68. The van der Waals surface area contributed by atoms with Gasteiger partial charge in [-0.1, -0.05) is 24.3 Å². The van der Waals surface area contributed by atoms with Gasteiger partial charge in [-0.3, -0.25) is 4.98 Å². The Bertz CT molecular complexity index is 538. The maximum absolute atomic E-state index is 11.1. The number of carbonyl (C=O) groups excluding carboxylic acids is 1. The number of hydrogen-bond donors (Lipinski definition) is 1. The molecule has 0 radical (unpaired) electrons. The van der Waals surface area contributed by atoms with Gasteiger partial charge in [0.05, 0.1) is 13.2 Å². The molecule has 0 unspecified atom stereocenters. The van der Waals surface area contributed by atoms with Crippen molar-refractivity contribution in [2.75, 3.05) is 7.11 Å². The Morgan fingerprint density at radius 2 is 1.68 bits per heavy atom. The van der Waals surface area contributed by atoms with Crippen LogP contribution in [0.25, 0.3) is 11.1 Å². The highest BCUT2D eigenvalue weighted by Gasteiger charge is 2.09. The zero-order valence-corrected chi connectivity index (χ0v) is 11.0. The van der Waals surface area contributed by atoms with E-state index in [-0.39, 0.29) is 6.04 Å². The van der Waals surface area contributed by atoms with Gasteiger partial charge in [0.15, 0.2) is 0 Å². The lowest BCUT2D eigenvalue weighted by Gasteiger charge is -2.13. The van der Waals surface area contributed by atoms with Gasteiger partial charge in [-0.15, -0.1) is 0 Å². The summed E-state index contributed by atoms with van der Waals surface area (Å²) in [5.41, 5.74) is 3.27. The molecule has 19 heavy (non-hydrogen) atoms. The normalized spacial score (nSPS) is 11.7. The summed E-state index contributed by atoms with van der Waals surface area (Å²) in [6.07, 6.45) is 3.11. The monoisotopic (exact) mass is 256 g/mol. The molecule has 0 aliphatic heterocycles. The van der Waals surface area contributed by atoms with Gasteiger partial charge in [0.25, 0.3) is 0 Å². The molecule has 4 nitrogen and oxygen atoms in total. The molecule has 0 aliphatic rings. The highest BCUT2D eigenvalue weighted by atomic mass is 16.5. The van der Waals surface area contributed by atoms with Crippen molar-refractivity contribution < 1.29 is 9.53 Å². The molecule has 1 amide bonds. The smallest absolute Gasteiger partial charge is 0.407 e. The molecule has 1 N–H and O–H groups in total. The van der Waals surface area contributed by atoms with E-state index in [1.807, 2.05) is 43.3 Å². The summed E-state index contributed by atoms with van der Waals surface area (Å²) >= 11 is 0. The van der Waals surface area contributed by atoms with Crippen molar-refractivity contribution in [3.63, 3.8) is 0 Å². The number of ether oxygens (including phenoxy) is 1. The summed E-state index contributed by atoms with van der Waals surface area (Å²) in [4.78, 5) is 15.1. The molecule has 1 aromatic carbocycles. The first-order valence-corrected chi connectivity index (χ1v) is 6.05. The number of carbonyl (C=O) groups is 1. The van der Waals surface area contributed by atoms with E-state index in [1.165, 1.54) is 7.11 Å². The third kappa shape index (κ3) is 3.31. The van der Waals surface area contributed by atoms with Crippen LogP contribution < -0.4 is 5.32 Å². The summed E-state index contributed by atoms with van der Waals surface area (Å²) in [5.74, 6) is 0. The van der Waals surface area contributed by atoms with E-state index in [4.69, 9.17) is 0 Å². The van der Waals surface area contributed by atoms with Crippen LogP contribution in [0, 0.1) is 0 Å². The molecule has 0 bridgehead atoms. The molecule has 2 rings (SSSR count). The van der Waals surface area contributed by atoms with Crippen LogP contribution in [-0.4, -0.2) is 18.2 Å². The topological polar surface area (TPSA) is 51.2 Å². The zero-order valence-electron chi connectivity index (χ0n) is 11.0. The van der Waals surface area contributed by atoms with Crippen LogP contribution in [0.1, 0.15) is 18.5 Å². The van der Waals surface area contributed by atoms with Crippen LogP contribution in [-0.2, 0) is 4.74 Å². The molecule has 1 heterocycles. The number of pyridine rings is 1.